The minimum Gasteiger partial charge on any atom is -0.479 e. The van der Waals surface area contributed by atoms with E-state index in [1.807, 2.05) is 13.8 Å². The van der Waals surface area contributed by atoms with E-state index in [1.54, 1.807) is 24.3 Å². The summed E-state index contributed by atoms with van der Waals surface area (Å²) in [6, 6.07) is 6.66. The van der Waals surface area contributed by atoms with Gasteiger partial charge in [0.15, 0.2) is 4.87 Å². The SMILES string of the molecule is CC(C)C[C@](S)(NC(=O)CCCCN1C(=O)c2ccccc2C1=O)C(=O)O. The van der Waals surface area contributed by atoms with Gasteiger partial charge in [0, 0.05) is 13.0 Å². The number of carbonyl (C=O) groups excluding carboxylic acids is 3. The number of aliphatic carboxylic acids is 1. The predicted molar refractivity (Wildman–Crippen MR) is 103 cm³/mol. The van der Waals surface area contributed by atoms with Crippen LogP contribution in [0, 0.1) is 5.92 Å². The summed E-state index contributed by atoms with van der Waals surface area (Å²) in [6.07, 6.45) is 1.17. The monoisotopic (exact) mass is 392 g/mol. The Morgan fingerprint density at radius 2 is 1.70 bits per heavy atom. The van der Waals surface area contributed by atoms with Gasteiger partial charge in [-0.3, -0.25) is 19.3 Å². The van der Waals surface area contributed by atoms with Crippen LogP contribution in [0.25, 0.3) is 0 Å². The van der Waals surface area contributed by atoms with Gasteiger partial charge in [-0.2, -0.15) is 0 Å². The second-order valence-corrected chi connectivity index (χ2v) is 7.84. The van der Waals surface area contributed by atoms with Crippen LogP contribution < -0.4 is 5.32 Å². The first-order valence-corrected chi connectivity index (χ1v) is 9.32. The van der Waals surface area contributed by atoms with Gasteiger partial charge in [0.2, 0.25) is 5.91 Å². The van der Waals surface area contributed by atoms with Crippen molar-refractivity contribution in [3.05, 3.63) is 35.4 Å². The van der Waals surface area contributed by atoms with Crippen LogP contribution in [0.2, 0.25) is 0 Å². The number of unbranched alkanes of at least 4 members (excludes halogenated alkanes) is 1. The van der Waals surface area contributed by atoms with E-state index < -0.39 is 16.7 Å². The van der Waals surface area contributed by atoms with Crippen molar-refractivity contribution in [3.63, 3.8) is 0 Å². The van der Waals surface area contributed by atoms with Gasteiger partial charge in [-0.05, 0) is 37.3 Å². The molecule has 0 aliphatic carbocycles. The second kappa shape index (κ2) is 8.56. The third-order valence-electron chi connectivity index (χ3n) is 4.32. The van der Waals surface area contributed by atoms with Crippen molar-refractivity contribution in [2.24, 2.45) is 5.92 Å². The van der Waals surface area contributed by atoms with Crippen LogP contribution in [0.3, 0.4) is 0 Å². The van der Waals surface area contributed by atoms with Crippen molar-refractivity contribution >= 4 is 36.3 Å². The molecule has 1 aromatic rings. The summed E-state index contributed by atoms with van der Waals surface area (Å²) < 4.78 is 0. The van der Waals surface area contributed by atoms with Gasteiger partial charge in [-0.15, -0.1) is 12.6 Å². The minimum atomic E-state index is -1.60. The molecule has 0 unspecified atom stereocenters. The fourth-order valence-corrected chi connectivity index (χ4v) is 3.56. The van der Waals surface area contributed by atoms with Gasteiger partial charge < -0.3 is 10.4 Å². The Morgan fingerprint density at radius 1 is 1.15 bits per heavy atom. The van der Waals surface area contributed by atoms with E-state index in [0.717, 1.165) is 0 Å². The zero-order valence-electron chi connectivity index (χ0n) is 15.4. The summed E-state index contributed by atoms with van der Waals surface area (Å²) in [5, 5.41) is 11.8. The smallest absolute Gasteiger partial charge is 0.339 e. The van der Waals surface area contributed by atoms with E-state index >= 15 is 0 Å². The first-order chi connectivity index (χ1) is 12.7. The van der Waals surface area contributed by atoms with E-state index in [2.05, 4.69) is 17.9 Å². The lowest BCUT2D eigenvalue weighted by atomic mass is 10.0. The van der Waals surface area contributed by atoms with E-state index in [9.17, 15) is 24.3 Å². The number of fused-ring (bicyclic) bond motifs is 1. The molecule has 1 aliphatic heterocycles. The van der Waals surface area contributed by atoms with Gasteiger partial charge in [0.25, 0.3) is 11.8 Å². The lowest BCUT2D eigenvalue weighted by Crippen LogP contribution is -2.51. The highest BCUT2D eigenvalue weighted by Gasteiger charge is 2.37. The van der Waals surface area contributed by atoms with Gasteiger partial charge in [-0.25, -0.2) is 4.79 Å². The molecule has 0 aromatic heterocycles. The van der Waals surface area contributed by atoms with Crippen molar-refractivity contribution in [3.8, 4) is 0 Å². The zero-order valence-corrected chi connectivity index (χ0v) is 16.3. The molecule has 2 rings (SSSR count). The van der Waals surface area contributed by atoms with E-state index in [0.29, 0.717) is 24.0 Å². The zero-order chi connectivity index (χ0) is 20.2. The average Bonchev–Trinajstić information content (AvgIpc) is 2.82. The van der Waals surface area contributed by atoms with Crippen LogP contribution in [0.1, 0.15) is 60.2 Å². The lowest BCUT2D eigenvalue weighted by Gasteiger charge is -2.27. The molecule has 7 nitrogen and oxygen atoms in total. The Morgan fingerprint density at radius 3 is 2.19 bits per heavy atom. The summed E-state index contributed by atoms with van der Waals surface area (Å²) in [4.78, 5) is 47.6. The molecule has 0 saturated heterocycles. The lowest BCUT2D eigenvalue weighted by molar-refractivity contribution is -0.143. The number of carbonyl (C=O) groups is 4. The number of rotatable bonds is 9. The van der Waals surface area contributed by atoms with Gasteiger partial charge >= 0.3 is 5.97 Å². The number of imide groups is 1. The predicted octanol–water partition coefficient (Wildman–Crippen LogP) is 2.33. The normalized spacial score (nSPS) is 15.6. The molecule has 146 valence electrons. The summed E-state index contributed by atoms with van der Waals surface area (Å²) in [7, 11) is 0. The number of benzene rings is 1. The van der Waals surface area contributed by atoms with Gasteiger partial charge in [-0.1, -0.05) is 26.0 Å². The molecule has 0 bridgehead atoms. The summed E-state index contributed by atoms with van der Waals surface area (Å²) >= 11 is 4.13. The average molecular weight is 392 g/mol. The molecular formula is C19H24N2O5S. The molecular weight excluding hydrogens is 368 g/mol. The quantitative estimate of drug-likeness (QED) is 0.259. The Balaban J connectivity index is 1.82. The Labute approximate surface area is 163 Å². The molecule has 2 N–H and O–H groups in total. The second-order valence-electron chi connectivity index (χ2n) is 7.08. The van der Waals surface area contributed by atoms with Crippen LogP contribution in [0.15, 0.2) is 24.3 Å². The molecule has 0 fully saturated rings. The van der Waals surface area contributed by atoms with Crippen molar-refractivity contribution in [1.29, 1.82) is 0 Å². The number of amides is 3. The number of hydrogen-bond acceptors (Lipinski definition) is 5. The molecule has 0 saturated carbocycles. The fraction of sp³-hybridized carbons (Fsp3) is 0.474. The highest BCUT2D eigenvalue weighted by molar-refractivity contribution is 7.82. The number of carboxylic acid groups (broad SMARTS) is 1. The standard InChI is InChI=1S/C19H24N2O5S/c1-12(2)11-19(27,18(25)26)20-15(22)9-5-6-10-21-16(23)13-7-3-4-8-14(13)17(21)24/h3-4,7-8,12,27H,5-6,9-11H2,1-2H3,(H,20,22)(H,25,26)/t19-/m1/s1. The Bertz CT molecular complexity index is 729. The van der Waals surface area contributed by atoms with E-state index in [-0.39, 0.29) is 37.1 Å². The number of thiol groups is 1. The first kappa shape index (κ1) is 21.0. The van der Waals surface area contributed by atoms with Crippen LogP contribution >= 0.6 is 12.6 Å². The number of nitrogens with zero attached hydrogens (tertiary/aromatic N) is 1. The first-order valence-electron chi connectivity index (χ1n) is 8.87. The van der Waals surface area contributed by atoms with Crippen molar-refractivity contribution in [2.75, 3.05) is 6.54 Å². The number of hydrogen-bond donors (Lipinski definition) is 3. The number of carboxylic acids is 1. The van der Waals surface area contributed by atoms with Gasteiger partial charge in [0.05, 0.1) is 11.1 Å². The maximum atomic E-state index is 12.3. The maximum Gasteiger partial charge on any atom is 0.339 e. The molecule has 0 spiro atoms. The molecule has 27 heavy (non-hydrogen) atoms. The molecule has 3 amide bonds. The summed E-state index contributed by atoms with van der Waals surface area (Å²) in [5.74, 6) is -2.21. The fourth-order valence-electron chi connectivity index (χ4n) is 3.07. The number of nitrogens with one attached hydrogen (secondary N) is 1. The Hall–Kier alpha value is -2.35. The molecule has 8 heteroatoms. The topological polar surface area (TPSA) is 104 Å². The van der Waals surface area contributed by atoms with Crippen molar-refractivity contribution in [1.82, 2.24) is 10.2 Å². The van der Waals surface area contributed by atoms with Crippen LogP contribution in [0.4, 0.5) is 0 Å². The van der Waals surface area contributed by atoms with Crippen molar-refractivity contribution in [2.45, 2.75) is 44.4 Å². The van der Waals surface area contributed by atoms with E-state index in [4.69, 9.17) is 0 Å². The van der Waals surface area contributed by atoms with Crippen LogP contribution in [-0.2, 0) is 9.59 Å². The molecule has 1 atom stereocenters. The maximum absolute atomic E-state index is 12.3. The minimum absolute atomic E-state index is 0.0488. The highest BCUT2D eigenvalue weighted by atomic mass is 32.1. The van der Waals surface area contributed by atoms with Crippen LogP contribution in [0.5, 0.6) is 0 Å². The summed E-state index contributed by atoms with van der Waals surface area (Å²) in [6.45, 7) is 3.92. The molecule has 0 radical (unpaired) electrons. The molecule has 1 heterocycles. The van der Waals surface area contributed by atoms with Crippen LogP contribution in [-0.4, -0.2) is 45.1 Å². The molecule has 1 aromatic carbocycles. The highest BCUT2D eigenvalue weighted by Crippen LogP contribution is 2.24. The third kappa shape index (κ3) is 4.88. The van der Waals surface area contributed by atoms with Crippen molar-refractivity contribution < 1.29 is 24.3 Å². The van der Waals surface area contributed by atoms with E-state index in [1.165, 1.54) is 4.90 Å². The third-order valence-corrected chi connectivity index (χ3v) is 4.80. The van der Waals surface area contributed by atoms with Gasteiger partial charge in [0.1, 0.15) is 0 Å². The Kier molecular flexibility index (Phi) is 6.64. The summed E-state index contributed by atoms with van der Waals surface area (Å²) in [5.41, 5.74) is 0.797. The molecule has 1 aliphatic rings. The largest absolute Gasteiger partial charge is 0.479 e.